The van der Waals surface area contributed by atoms with Gasteiger partial charge in [0.2, 0.25) is 29.5 Å². The molecular weight excluding hydrogens is 598 g/mol. The Morgan fingerprint density at radius 2 is 1.57 bits per heavy atom. The zero-order valence-corrected chi connectivity index (χ0v) is 26.6. The number of phenols is 1. The summed E-state index contributed by atoms with van der Waals surface area (Å²) in [6.45, 7) is 4.49. The van der Waals surface area contributed by atoms with Crippen molar-refractivity contribution >= 4 is 35.5 Å². The van der Waals surface area contributed by atoms with Gasteiger partial charge in [0.15, 0.2) is 0 Å². The van der Waals surface area contributed by atoms with E-state index < -0.39 is 59.8 Å². The maximum absolute atomic E-state index is 13.5. The third-order valence-corrected chi connectivity index (χ3v) is 8.26. The highest BCUT2D eigenvalue weighted by Gasteiger charge is 2.39. The predicted molar refractivity (Wildman–Crippen MR) is 169 cm³/mol. The van der Waals surface area contributed by atoms with Crippen molar-refractivity contribution < 1.29 is 39.0 Å². The number of primary amides is 1. The minimum absolute atomic E-state index is 0.0103. The first kappa shape index (κ1) is 37.9. The SMILES string of the molecule is CC[C@H](C)[C@H](N)C(=O)N1CCC[C@H]1C(=O)N[C@@H](CCCCN)C(=O)N[C@@H](CCC(N)=O)C(=O)N[C@@H](Cc1ccc(O)cc1)C(=O)O. The Morgan fingerprint density at radius 1 is 0.957 bits per heavy atom. The van der Waals surface area contributed by atoms with Gasteiger partial charge in [-0.15, -0.1) is 0 Å². The predicted octanol–water partition coefficient (Wildman–Crippen LogP) is -0.767. The van der Waals surface area contributed by atoms with Crippen LogP contribution in [0.4, 0.5) is 0 Å². The van der Waals surface area contributed by atoms with Gasteiger partial charge in [-0.05, 0) is 68.7 Å². The second kappa shape index (κ2) is 18.7. The van der Waals surface area contributed by atoms with Crippen LogP contribution in [-0.2, 0) is 35.2 Å². The van der Waals surface area contributed by atoms with E-state index in [1.165, 1.54) is 29.2 Å². The largest absolute Gasteiger partial charge is 0.508 e. The van der Waals surface area contributed by atoms with E-state index in [2.05, 4.69) is 16.0 Å². The van der Waals surface area contributed by atoms with Gasteiger partial charge in [-0.3, -0.25) is 24.0 Å². The van der Waals surface area contributed by atoms with Crippen LogP contribution < -0.4 is 33.2 Å². The number of carboxylic acids is 1. The molecule has 1 aromatic carbocycles. The molecule has 0 aromatic heterocycles. The first-order chi connectivity index (χ1) is 21.8. The van der Waals surface area contributed by atoms with Gasteiger partial charge >= 0.3 is 5.97 Å². The first-order valence-electron chi connectivity index (χ1n) is 15.7. The lowest BCUT2D eigenvalue weighted by Crippen LogP contribution is -2.58. The molecule has 46 heavy (non-hydrogen) atoms. The molecular formula is C31H49N7O8. The van der Waals surface area contributed by atoms with E-state index in [4.69, 9.17) is 17.2 Å². The van der Waals surface area contributed by atoms with Crippen molar-refractivity contribution in [1.29, 1.82) is 0 Å². The Bertz CT molecular complexity index is 1210. The molecule has 1 heterocycles. The standard InChI is InChI=1S/C31H49N7O8/c1-3-18(2)26(34)30(44)38-16-6-8-24(38)29(43)36-21(7-4-5-15-32)27(41)35-22(13-14-25(33)40)28(42)37-23(31(45)46)17-19-9-11-20(39)12-10-19/h9-12,18,21-24,26,39H,3-8,13-17,32,34H2,1-2H3,(H2,33,40)(H,35,41)(H,36,43)(H,37,42)(H,45,46)/t18-,21-,22-,23-,24-,26-/m0/s1. The minimum atomic E-state index is -1.39. The smallest absolute Gasteiger partial charge is 0.326 e. The van der Waals surface area contributed by atoms with Gasteiger partial charge in [0.05, 0.1) is 6.04 Å². The van der Waals surface area contributed by atoms with Crippen LogP contribution in [0.15, 0.2) is 24.3 Å². The molecule has 11 N–H and O–H groups in total. The van der Waals surface area contributed by atoms with Crippen LogP contribution in [0.5, 0.6) is 5.75 Å². The third-order valence-electron chi connectivity index (χ3n) is 8.26. The highest BCUT2D eigenvalue weighted by atomic mass is 16.4. The van der Waals surface area contributed by atoms with E-state index in [-0.39, 0.29) is 43.3 Å². The van der Waals surface area contributed by atoms with Crippen LogP contribution in [0.3, 0.4) is 0 Å². The fourth-order valence-electron chi connectivity index (χ4n) is 5.19. The maximum Gasteiger partial charge on any atom is 0.326 e. The lowest BCUT2D eigenvalue weighted by molar-refractivity contribution is -0.142. The molecule has 1 aliphatic rings. The number of aromatic hydroxyl groups is 1. The van der Waals surface area contributed by atoms with E-state index in [1.54, 1.807) is 0 Å². The van der Waals surface area contributed by atoms with Crippen molar-refractivity contribution in [2.75, 3.05) is 13.1 Å². The summed E-state index contributed by atoms with van der Waals surface area (Å²) < 4.78 is 0. The molecule has 6 atom stereocenters. The number of unbranched alkanes of at least 4 members (excludes halogenated alkanes) is 1. The summed E-state index contributed by atoms with van der Waals surface area (Å²) >= 11 is 0. The van der Waals surface area contributed by atoms with Crippen molar-refractivity contribution in [3.8, 4) is 5.75 Å². The Balaban J connectivity index is 2.21. The number of carboxylic acid groups (broad SMARTS) is 1. The van der Waals surface area contributed by atoms with Gasteiger partial charge in [-0.25, -0.2) is 4.79 Å². The topological polar surface area (TPSA) is 260 Å². The first-order valence-corrected chi connectivity index (χ1v) is 15.7. The molecule has 2 rings (SSSR count). The van der Waals surface area contributed by atoms with Crippen LogP contribution in [0.2, 0.25) is 0 Å². The molecule has 0 saturated carbocycles. The maximum atomic E-state index is 13.5. The van der Waals surface area contributed by atoms with Gasteiger partial charge in [0, 0.05) is 19.4 Å². The fourth-order valence-corrected chi connectivity index (χ4v) is 5.19. The van der Waals surface area contributed by atoms with E-state index >= 15 is 0 Å². The number of aliphatic carboxylic acids is 1. The van der Waals surface area contributed by atoms with Crippen molar-refractivity contribution in [1.82, 2.24) is 20.9 Å². The number of rotatable bonds is 19. The summed E-state index contributed by atoms with van der Waals surface area (Å²) in [4.78, 5) is 78.4. The molecule has 1 saturated heterocycles. The number of likely N-dealkylation sites (tertiary alicyclic amines) is 1. The normalized spacial score (nSPS) is 17.7. The quantitative estimate of drug-likeness (QED) is 0.0870. The van der Waals surface area contributed by atoms with Crippen LogP contribution >= 0.6 is 0 Å². The number of amides is 5. The summed E-state index contributed by atoms with van der Waals surface area (Å²) in [5.41, 5.74) is 17.6. The highest BCUT2D eigenvalue weighted by Crippen LogP contribution is 2.21. The van der Waals surface area contributed by atoms with Crippen molar-refractivity contribution in [2.45, 2.75) is 102 Å². The summed E-state index contributed by atoms with van der Waals surface area (Å²) in [6.07, 6.45) is 2.24. The monoisotopic (exact) mass is 647 g/mol. The molecule has 1 fully saturated rings. The Morgan fingerprint density at radius 3 is 2.13 bits per heavy atom. The summed E-state index contributed by atoms with van der Waals surface area (Å²) in [5, 5.41) is 26.9. The molecule has 1 aromatic rings. The minimum Gasteiger partial charge on any atom is -0.508 e. The molecule has 0 aliphatic carbocycles. The molecule has 256 valence electrons. The van der Waals surface area contributed by atoms with Crippen molar-refractivity contribution in [2.24, 2.45) is 23.1 Å². The second-order valence-corrected chi connectivity index (χ2v) is 11.8. The van der Waals surface area contributed by atoms with Crippen molar-refractivity contribution in [3.05, 3.63) is 29.8 Å². The highest BCUT2D eigenvalue weighted by molar-refractivity contribution is 5.96. The number of carbonyl (C=O) groups is 6. The molecule has 0 bridgehead atoms. The molecule has 0 radical (unpaired) electrons. The average Bonchev–Trinajstić information content (AvgIpc) is 3.52. The van der Waals surface area contributed by atoms with E-state index in [0.29, 0.717) is 50.8 Å². The molecule has 0 unspecified atom stereocenters. The summed E-state index contributed by atoms with van der Waals surface area (Å²) in [7, 11) is 0. The molecule has 5 amide bonds. The molecule has 15 nitrogen and oxygen atoms in total. The summed E-state index contributed by atoms with van der Waals surface area (Å²) in [6, 6.07) is 0.332. The van der Waals surface area contributed by atoms with Gasteiger partial charge < -0.3 is 48.3 Å². The number of nitrogens with one attached hydrogen (secondary N) is 3. The van der Waals surface area contributed by atoms with Gasteiger partial charge in [-0.2, -0.15) is 0 Å². The van der Waals surface area contributed by atoms with Crippen LogP contribution in [0, 0.1) is 5.92 Å². The molecule has 0 spiro atoms. The number of hydrogen-bond acceptors (Lipinski definition) is 9. The Hall–Kier alpha value is -4.24. The molecule has 15 heteroatoms. The zero-order chi connectivity index (χ0) is 34.4. The number of phenolic OH excluding ortho intramolecular Hbond substituents is 1. The van der Waals surface area contributed by atoms with Crippen LogP contribution in [-0.4, -0.2) is 93.9 Å². The molecule has 1 aliphatic heterocycles. The van der Waals surface area contributed by atoms with E-state index in [1.807, 2.05) is 13.8 Å². The van der Waals surface area contributed by atoms with E-state index in [9.17, 15) is 39.0 Å². The zero-order valence-electron chi connectivity index (χ0n) is 26.6. The second-order valence-electron chi connectivity index (χ2n) is 11.8. The van der Waals surface area contributed by atoms with Gasteiger partial charge in [-0.1, -0.05) is 32.4 Å². The number of benzene rings is 1. The van der Waals surface area contributed by atoms with Gasteiger partial charge in [0.25, 0.3) is 0 Å². The fraction of sp³-hybridized carbons (Fsp3) is 0.613. The number of hydrogen-bond donors (Lipinski definition) is 8. The van der Waals surface area contributed by atoms with Crippen LogP contribution in [0.25, 0.3) is 0 Å². The van der Waals surface area contributed by atoms with E-state index in [0.717, 1.165) is 0 Å². The average molecular weight is 648 g/mol. The summed E-state index contributed by atoms with van der Waals surface area (Å²) in [5.74, 6) is -4.63. The lowest BCUT2D eigenvalue weighted by atomic mass is 9.98. The third kappa shape index (κ3) is 11.6. The Labute approximate surface area is 269 Å². The Kier molecular flexibility index (Phi) is 15.4. The number of nitrogens with two attached hydrogens (primary N) is 3. The van der Waals surface area contributed by atoms with Crippen molar-refractivity contribution in [3.63, 3.8) is 0 Å². The van der Waals surface area contributed by atoms with Gasteiger partial charge in [0.1, 0.15) is 29.9 Å². The lowest BCUT2D eigenvalue weighted by Gasteiger charge is -2.30. The van der Waals surface area contributed by atoms with Crippen LogP contribution in [0.1, 0.15) is 70.8 Å². The number of nitrogens with zero attached hydrogens (tertiary/aromatic N) is 1. The number of carbonyl (C=O) groups excluding carboxylic acids is 5.